The lowest BCUT2D eigenvalue weighted by molar-refractivity contribution is -0.184. The normalized spacial score (nSPS) is 25.0. The maximum atomic E-state index is 12.1. The molecule has 0 aromatic heterocycles. The number of rotatable bonds is 5. The molecule has 114 valence electrons. The Morgan fingerprint density at radius 1 is 1.33 bits per heavy atom. The molecule has 1 aromatic rings. The number of carbonyl (C=O) groups is 2. The van der Waals surface area contributed by atoms with Gasteiger partial charge in [0.05, 0.1) is 6.04 Å². The molecule has 0 saturated carbocycles. The number of aliphatic hydroxyl groups is 1. The average Bonchev–Trinajstić information content (AvgIpc) is 2.77. The number of likely N-dealkylation sites (tertiary alicyclic amines) is 1. The molecule has 1 aliphatic heterocycles. The van der Waals surface area contributed by atoms with Gasteiger partial charge in [-0.1, -0.05) is 30.3 Å². The van der Waals surface area contributed by atoms with Gasteiger partial charge in [0.15, 0.2) is 0 Å². The molecule has 1 aliphatic rings. The number of carboxylic acid groups (broad SMARTS) is 1. The number of nitrogens with two attached hydrogens (primary N) is 1. The Labute approximate surface area is 123 Å². The predicted octanol–water partition coefficient (Wildman–Crippen LogP) is 0.342. The first kappa shape index (κ1) is 15.5. The lowest BCUT2D eigenvalue weighted by Gasteiger charge is -2.32. The molecule has 1 amide bonds. The molecule has 0 spiro atoms. The summed E-state index contributed by atoms with van der Waals surface area (Å²) in [5, 5.41) is 19.3. The van der Waals surface area contributed by atoms with Crippen LogP contribution in [0.15, 0.2) is 30.3 Å². The van der Waals surface area contributed by atoms with Crippen LogP contribution in [0.25, 0.3) is 0 Å². The summed E-state index contributed by atoms with van der Waals surface area (Å²) in [5.74, 6) is -1.84. The van der Waals surface area contributed by atoms with Gasteiger partial charge < -0.3 is 20.8 Å². The van der Waals surface area contributed by atoms with Crippen molar-refractivity contribution in [3.8, 4) is 0 Å². The van der Waals surface area contributed by atoms with E-state index in [1.165, 1.54) is 0 Å². The van der Waals surface area contributed by atoms with Gasteiger partial charge in [-0.2, -0.15) is 0 Å². The van der Waals surface area contributed by atoms with Crippen molar-refractivity contribution in [3.05, 3.63) is 35.9 Å². The highest BCUT2D eigenvalue weighted by molar-refractivity contribution is 5.87. The average molecular weight is 292 g/mol. The first-order valence-corrected chi connectivity index (χ1v) is 7.02. The highest BCUT2D eigenvalue weighted by Gasteiger charge is 2.54. The fraction of sp³-hybridized carbons (Fsp3) is 0.467. The Bertz CT molecular complexity index is 520. The van der Waals surface area contributed by atoms with Crippen molar-refractivity contribution in [1.82, 2.24) is 4.90 Å². The topological polar surface area (TPSA) is 104 Å². The van der Waals surface area contributed by atoms with Crippen molar-refractivity contribution in [2.24, 2.45) is 5.73 Å². The molecule has 2 atom stereocenters. The predicted molar refractivity (Wildman–Crippen MR) is 76.3 cm³/mol. The third-order valence-electron chi connectivity index (χ3n) is 3.91. The SMILES string of the molecule is N[C@H]1CCN(C(=O)CCCc2ccccc2)[C@@]1(O)C(=O)O. The molecule has 4 N–H and O–H groups in total. The summed E-state index contributed by atoms with van der Waals surface area (Å²) in [6.45, 7) is 0.175. The van der Waals surface area contributed by atoms with Gasteiger partial charge in [0.2, 0.25) is 5.91 Å². The minimum absolute atomic E-state index is 0.175. The second-order valence-corrected chi connectivity index (χ2v) is 5.31. The van der Waals surface area contributed by atoms with Crippen LogP contribution in [-0.2, 0) is 16.0 Å². The van der Waals surface area contributed by atoms with Crippen LogP contribution in [-0.4, -0.2) is 45.3 Å². The van der Waals surface area contributed by atoms with Gasteiger partial charge in [-0.15, -0.1) is 0 Å². The summed E-state index contributed by atoms with van der Waals surface area (Å²) >= 11 is 0. The lowest BCUT2D eigenvalue weighted by Crippen LogP contribution is -2.61. The Kier molecular flexibility index (Phi) is 4.59. The van der Waals surface area contributed by atoms with E-state index >= 15 is 0 Å². The highest BCUT2D eigenvalue weighted by atomic mass is 16.4. The van der Waals surface area contributed by atoms with Crippen LogP contribution >= 0.6 is 0 Å². The van der Waals surface area contributed by atoms with Crippen molar-refractivity contribution < 1.29 is 19.8 Å². The Hall–Kier alpha value is -1.92. The van der Waals surface area contributed by atoms with Gasteiger partial charge in [-0.3, -0.25) is 4.79 Å². The zero-order valence-corrected chi connectivity index (χ0v) is 11.7. The lowest BCUT2D eigenvalue weighted by atomic mass is 10.1. The van der Waals surface area contributed by atoms with Crippen molar-refractivity contribution >= 4 is 11.9 Å². The second-order valence-electron chi connectivity index (χ2n) is 5.31. The van der Waals surface area contributed by atoms with Crippen LogP contribution in [0.3, 0.4) is 0 Å². The summed E-state index contributed by atoms with van der Waals surface area (Å²) in [4.78, 5) is 24.4. The van der Waals surface area contributed by atoms with E-state index in [1.807, 2.05) is 30.3 Å². The molecule has 1 saturated heterocycles. The van der Waals surface area contributed by atoms with Crippen LogP contribution < -0.4 is 5.73 Å². The minimum Gasteiger partial charge on any atom is -0.478 e. The molecule has 1 aromatic carbocycles. The van der Waals surface area contributed by atoms with Crippen molar-refractivity contribution in [3.63, 3.8) is 0 Å². The fourth-order valence-corrected chi connectivity index (χ4v) is 2.65. The Balaban J connectivity index is 1.93. The number of carbonyl (C=O) groups excluding carboxylic acids is 1. The summed E-state index contributed by atoms with van der Waals surface area (Å²) in [7, 11) is 0. The number of hydrogen-bond acceptors (Lipinski definition) is 4. The van der Waals surface area contributed by atoms with Crippen LogP contribution in [0, 0.1) is 0 Å². The molecule has 1 fully saturated rings. The standard InChI is InChI=1S/C15H20N2O4/c16-12-9-10-17(15(12,21)14(19)20)13(18)8-4-7-11-5-2-1-3-6-11/h1-3,5-6,12,21H,4,7-10,16H2,(H,19,20)/t12-,15-/m0/s1. The number of carboxylic acids is 1. The van der Waals surface area contributed by atoms with E-state index in [4.69, 9.17) is 10.8 Å². The maximum absolute atomic E-state index is 12.1. The van der Waals surface area contributed by atoms with Crippen LogP contribution in [0.2, 0.25) is 0 Å². The molecule has 0 unspecified atom stereocenters. The number of aliphatic carboxylic acids is 1. The third-order valence-corrected chi connectivity index (χ3v) is 3.91. The van der Waals surface area contributed by atoms with Gasteiger partial charge in [-0.25, -0.2) is 4.79 Å². The van der Waals surface area contributed by atoms with Gasteiger partial charge in [0.25, 0.3) is 5.72 Å². The van der Waals surface area contributed by atoms with Crippen molar-refractivity contribution in [2.45, 2.75) is 37.5 Å². The zero-order valence-electron chi connectivity index (χ0n) is 11.7. The van der Waals surface area contributed by atoms with E-state index in [1.54, 1.807) is 0 Å². The van der Waals surface area contributed by atoms with E-state index in [9.17, 15) is 14.7 Å². The summed E-state index contributed by atoms with van der Waals surface area (Å²) in [5.41, 5.74) is 4.49. The Morgan fingerprint density at radius 3 is 2.62 bits per heavy atom. The number of aryl methyl sites for hydroxylation is 1. The fourth-order valence-electron chi connectivity index (χ4n) is 2.65. The molecule has 0 radical (unpaired) electrons. The molecule has 2 rings (SSSR count). The monoisotopic (exact) mass is 292 g/mol. The van der Waals surface area contributed by atoms with E-state index in [-0.39, 0.29) is 25.3 Å². The molecule has 6 nitrogen and oxygen atoms in total. The van der Waals surface area contributed by atoms with Crippen molar-refractivity contribution in [2.75, 3.05) is 6.54 Å². The second kappa shape index (κ2) is 6.24. The minimum atomic E-state index is -2.27. The molecule has 6 heteroatoms. The molecule has 1 heterocycles. The molecular formula is C15H20N2O4. The quantitative estimate of drug-likeness (QED) is 0.726. The molecule has 0 aliphatic carbocycles. The van der Waals surface area contributed by atoms with E-state index in [2.05, 4.69) is 0 Å². The van der Waals surface area contributed by atoms with E-state index < -0.39 is 17.7 Å². The van der Waals surface area contributed by atoms with Gasteiger partial charge >= 0.3 is 5.97 Å². The molecular weight excluding hydrogens is 272 g/mol. The van der Waals surface area contributed by atoms with E-state index in [0.29, 0.717) is 6.42 Å². The smallest absolute Gasteiger partial charge is 0.359 e. The van der Waals surface area contributed by atoms with Crippen LogP contribution in [0.4, 0.5) is 0 Å². The molecule has 0 bridgehead atoms. The molecule has 21 heavy (non-hydrogen) atoms. The largest absolute Gasteiger partial charge is 0.478 e. The highest BCUT2D eigenvalue weighted by Crippen LogP contribution is 2.27. The first-order chi connectivity index (χ1) is 9.96. The number of hydrogen-bond donors (Lipinski definition) is 3. The number of benzene rings is 1. The summed E-state index contributed by atoms with van der Waals surface area (Å²) in [6.07, 6.45) is 1.81. The number of amides is 1. The maximum Gasteiger partial charge on any atom is 0.359 e. The Morgan fingerprint density at radius 2 is 2.00 bits per heavy atom. The summed E-state index contributed by atoms with van der Waals surface area (Å²) < 4.78 is 0. The van der Waals surface area contributed by atoms with Gasteiger partial charge in [0, 0.05) is 13.0 Å². The van der Waals surface area contributed by atoms with Crippen molar-refractivity contribution in [1.29, 1.82) is 0 Å². The van der Waals surface area contributed by atoms with Crippen LogP contribution in [0.1, 0.15) is 24.8 Å². The summed E-state index contributed by atoms with van der Waals surface area (Å²) in [6, 6.07) is 8.79. The zero-order chi connectivity index (χ0) is 15.5. The van der Waals surface area contributed by atoms with Gasteiger partial charge in [0.1, 0.15) is 0 Å². The van der Waals surface area contributed by atoms with Gasteiger partial charge in [-0.05, 0) is 24.8 Å². The number of nitrogens with zero attached hydrogens (tertiary/aromatic N) is 1. The van der Waals surface area contributed by atoms with Crippen LogP contribution in [0.5, 0.6) is 0 Å². The first-order valence-electron chi connectivity index (χ1n) is 7.02. The van der Waals surface area contributed by atoms with E-state index in [0.717, 1.165) is 16.9 Å². The third kappa shape index (κ3) is 3.06.